The molecule has 7 heteroatoms. The van der Waals surface area contributed by atoms with Crippen LogP contribution in [0, 0.1) is 18.3 Å². The summed E-state index contributed by atoms with van der Waals surface area (Å²) in [4.78, 5) is 11.4. The van der Waals surface area contributed by atoms with Crippen LogP contribution in [-0.4, -0.2) is 14.3 Å². The molecule has 0 aliphatic carbocycles. The molecule has 0 saturated heterocycles. The van der Waals surface area contributed by atoms with E-state index in [1.165, 1.54) is 30.3 Å². The highest BCUT2D eigenvalue weighted by atomic mass is 32.2. The molecule has 3 N–H and O–H groups in total. The number of nitrogens with two attached hydrogens (primary N) is 1. The van der Waals surface area contributed by atoms with Crippen molar-refractivity contribution in [2.45, 2.75) is 11.8 Å². The van der Waals surface area contributed by atoms with E-state index >= 15 is 0 Å². The molecule has 0 aliphatic rings. The summed E-state index contributed by atoms with van der Waals surface area (Å²) < 4.78 is 27.1. The highest BCUT2D eigenvalue weighted by Crippen LogP contribution is 2.24. The number of primary amides is 1. The second-order valence-corrected chi connectivity index (χ2v) is 6.29. The zero-order chi connectivity index (χ0) is 16.3. The van der Waals surface area contributed by atoms with Crippen molar-refractivity contribution in [1.82, 2.24) is 0 Å². The Balaban J connectivity index is 2.45. The van der Waals surface area contributed by atoms with Crippen molar-refractivity contribution in [1.29, 1.82) is 5.26 Å². The minimum Gasteiger partial charge on any atom is -0.366 e. The molecule has 1 amide bonds. The molecule has 0 radical (unpaired) electrons. The van der Waals surface area contributed by atoms with Gasteiger partial charge in [0.25, 0.3) is 15.9 Å². The molecule has 2 aromatic carbocycles. The molecule has 0 spiro atoms. The Hall–Kier alpha value is -2.85. The molecule has 0 atom stereocenters. The third-order valence-corrected chi connectivity index (χ3v) is 4.43. The smallest absolute Gasteiger partial charge is 0.261 e. The number of carbonyl (C=O) groups excluding carboxylic acids is 1. The Labute approximate surface area is 128 Å². The number of anilines is 1. The van der Waals surface area contributed by atoms with Crippen molar-refractivity contribution < 1.29 is 13.2 Å². The standard InChI is InChI=1S/C15H13N3O3S/c1-10-3-2-4-13(15(17)19)14(10)18-22(20,21)12-7-5-11(9-16)6-8-12/h2-8,18H,1H3,(H2,17,19). The first-order valence-corrected chi connectivity index (χ1v) is 7.76. The lowest BCUT2D eigenvalue weighted by molar-refractivity contribution is 0.100. The normalized spacial score (nSPS) is 10.7. The summed E-state index contributed by atoms with van der Waals surface area (Å²) in [5, 5.41) is 8.73. The predicted molar refractivity (Wildman–Crippen MR) is 81.7 cm³/mol. The van der Waals surface area contributed by atoms with Crippen LogP contribution in [0.15, 0.2) is 47.4 Å². The highest BCUT2D eigenvalue weighted by Gasteiger charge is 2.19. The topological polar surface area (TPSA) is 113 Å². The molecule has 2 aromatic rings. The van der Waals surface area contributed by atoms with Gasteiger partial charge in [-0.3, -0.25) is 9.52 Å². The number of hydrogen-bond donors (Lipinski definition) is 2. The second-order valence-electron chi connectivity index (χ2n) is 4.60. The third kappa shape index (κ3) is 3.07. The zero-order valence-electron chi connectivity index (χ0n) is 11.7. The van der Waals surface area contributed by atoms with Gasteiger partial charge < -0.3 is 5.73 Å². The van der Waals surface area contributed by atoms with Gasteiger partial charge in [-0.15, -0.1) is 0 Å². The van der Waals surface area contributed by atoms with E-state index in [4.69, 9.17) is 11.0 Å². The Morgan fingerprint density at radius 1 is 1.18 bits per heavy atom. The summed E-state index contributed by atoms with van der Waals surface area (Å²) in [6, 6.07) is 12.1. The molecule has 0 bridgehead atoms. The first-order chi connectivity index (χ1) is 10.3. The van der Waals surface area contributed by atoms with Crippen LogP contribution in [-0.2, 0) is 10.0 Å². The summed E-state index contributed by atoms with van der Waals surface area (Å²) in [5.41, 5.74) is 6.45. The molecule has 0 fully saturated rings. The van der Waals surface area contributed by atoms with Crippen molar-refractivity contribution in [3.8, 4) is 6.07 Å². The van der Waals surface area contributed by atoms with Gasteiger partial charge in [-0.2, -0.15) is 5.26 Å². The fourth-order valence-electron chi connectivity index (χ4n) is 1.91. The van der Waals surface area contributed by atoms with Crippen LogP contribution in [0.5, 0.6) is 0 Å². The molecular weight excluding hydrogens is 302 g/mol. The van der Waals surface area contributed by atoms with Crippen LogP contribution in [0.2, 0.25) is 0 Å². The monoisotopic (exact) mass is 315 g/mol. The highest BCUT2D eigenvalue weighted by molar-refractivity contribution is 7.92. The van der Waals surface area contributed by atoms with E-state index in [0.717, 1.165) is 0 Å². The van der Waals surface area contributed by atoms with Gasteiger partial charge in [-0.25, -0.2) is 8.42 Å². The van der Waals surface area contributed by atoms with Crippen molar-refractivity contribution in [3.63, 3.8) is 0 Å². The molecule has 0 heterocycles. The predicted octanol–water partition coefficient (Wildman–Crippen LogP) is 1.77. The van der Waals surface area contributed by atoms with Crippen molar-refractivity contribution >= 4 is 21.6 Å². The van der Waals surface area contributed by atoms with Gasteiger partial charge in [0.15, 0.2) is 0 Å². The first-order valence-electron chi connectivity index (χ1n) is 6.27. The summed E-state index contributed by atoms with van der Waals surface area (Å²) in [5.74, 6) is -0.721. The van der Waals surface area contributed by atoms with Gasteiger partial charge in [-0.1, -0.05) is 12.1 Å². The number of hydrogen-bond acceptors (Lipinski definition) is 4. The number of carbonyl (C=O) groups is 1. The number of amides is 1. The zero-order valence-corrected chi connectivity index (χ0v) is 12.5. The van der Waals surface area contributed by atoms with Crippen LogP contribution in [0.4, 0.5) is 5.69 Å². The Morgan fingerprint density at radius 3 is 2.36 bits per heavy atom. The van der Waals surface area contributed by atoms with Crippen LogP contribution in [0.1, 0.15) is 21.5 Å². The van der Waals surface area contributed by atoms with Crippen LogP contribution in [0.25, 0.3) is 0 Å². The number of nitriles is 1. The number of benzene rings is 2. The van der Waals surface area contributed by atoms with Crippen molar-refractivity contribution in [3.05, 3.63) is 59.2 Å². The third-order valence-electron chi connectivity index (χ3n) is 3.07. The van der Waals surface area contributed by atoms with Gasteiger partial charge >= 0.3 is 0 Å². The second kappa shape index (κ2) is 5.87. The SMILES string of the molecule is Cc1cccc(C(N)=O)c1NS(=O)(=O)c1ccc(C#N)cc1. The fraction of sp³-hybridized carbons (Fsp3) is 0.0667. The molecule has 0 aliphatic heterocycles. The van der Waals surface area contributed by atoms with Gasteiger partial charge in [0.05, 0.1) is 27.8 Å². The van der Waals surface area contributed by atoms with Gasteiger partial charge in [-0.05, 0) is 42.8 Å². The lowest BCUT2D eigenvalue weighted by Gasteiger charge is -2.13. The van der Waals surface area contributed by atoms with Gasteiger partial charge in [0.1, 0.15) is 0 Å². The maximum atomic E-state index is 12.4. The van der Waals surface area contributed by atoms with Crippen molar-refractivity contribution in [2.24, 2.45) is 5.73 Å². The molecule has 2 rings (SSSR count). The summed E-state index contributed by atoms with van der Waals surface area (Å²) in [6.45, 7) is 1.67. The molecule has 6 nitrogen and oxygen atoms in total. The minimum atomic E-state index is -3.88. The summed E-state index contributed by atoms with van der Waals surface area (Å²) in [6.07, 6.45) is 0. The number of para-hydroxylation sites is 1. The number of aryl methyl sites for hydroxylation is 1. The van der Waals surface area contributed by atoms with Crippen molar-refractivity contribution in [2.75, 3.05) is 4.72 Å². The average Bonchev–Trinajstić information content (AvgIpc) is 2.49. The molecule has 22 heavy (non-hydrogen) atoms. The Bertz CT molecular complexity index is 866. The molecule has 0 saturated carbocycles. The molecule has 0 aromatic heterocycles. The number of nitrogens with one attached hydrogen (secondary N) is 1. The van der Waals surface area contributed by atoms with E-state index < -0.39 is 15.9 Å². The van der Waals surface area contributed by atoms with Crippen LogP contribution >= 0.6 is 0 Å². The average molecular weight is 315 g/mol. The van der Waals surface area contributed by atoms with E-state index in [1.807, 2.05) is 6.07 Å². The number of rotatable bonds is 4. The molecule has 0 unspecified atom stereocenters. The summed E-state index contributed by atoms with van der Waals surface area (Å²) >= 11 is 0. The van der Waals surface area contributed by atoms with E-state index in [-0.39, 0.29) is 16.1 Å². The fourth-order valence-corrected chi connectivity index (χ4v) is 3.06. The number of nitrogens with zero attached hydrogens (tertiary/aromatic N) is 1. The lowest BCUT2D eigenvalue weighted by Crippen LogP contribution is -2.19. The Morgan fingerprint density at radius 2 is 1.82 bits per heavy atom. The minimum absolute atomic E-state index is 0.00910. The van der Waals surface area contributed by atoms with E-state index in [2.05, 4.69) is 4.72 Å². The van der Waals surface area contributed by atoms with Crippen LogP contribution in [0.3, 0.4) is 0 Å². The maximum Gasteiger partial charge on any atom is 0.261 e. The van der Waals surface area contributed by atoms with Gasteiger partial charge in [0, 0.05) is 0 Å². The molecule has 112 valence electrons. The summed E-state index contributed by atoms with van der Waals surface area (Å²) in [7, 11) is -3.88. The maximum absolute atomic E-state index is 12.4. The quantitative estimate of drug-likeness (QED) is 0.895. The number of sulfonamides is 1. The molecular formula is C15H13N3O3S. The van der Waals surface area contributed by atoms with E-state index in [0.29, 0.717) is 11.1 Å². The van der Waals surface area contributed by atoms with E-state index in [9.17, 15) is 13.2 Å². The lowest BCUT2D eigenvalue weighted by atomic mass is 10.1. The van der Waals surface area contributed by atoms with E-state index in [1.54, 1.807) is 19.1 Å². The largest absolute Gasteiger partial charge is 0.366 e. The van der Waals surface area contributed by atoms with Crippen LogP contribution < -0.4 is 10.5 Å². The Kier molecular flexibility index (Phi) is 4.15. The van der Waals surface area contributed by atoms with Gasteiger partial charge in [0.2, 0.25) is 0 Å². The first kappa shape index (κ1) is 15.5.